The molecule has 0 aromatic carbocycles. The van der Waals surface area contributed by atoms with Crippen LogP contribution >= 0.6 is 15.9 Å². The van der Waals surface area contributed by atoms with Crippen molar-refractivity contribution in [2.24, 2.45) is 5.73 Å². The first-order valence-electron chi connectivity index (χ1n) is 5.05. The first kappa shape index (κ1) is 13.2. The number of ether oxygens (including phenoxy) is 1. The van der Waals surface area contributed by atoms with Gasteiger partial charge in [-0.15, -0.1) is 0 Å². The van der Waals surface area contributed by atoms with Gasteiger partial charge in [-0.1, -0.05) is 22.5 Å². The molecule has 3 N–H and O–H groups in total. The Morgan fingerprint density at radius 3 is 2.75 bits per heavy atom. The molecule has 0 bridgehead atoms. The van der Waals surface area contributed by atoms with Crippen molar-refractivity contribution >= 4 is 27.7 Å². The van der Waals surface area contributed by atoms with E-state index in [9.17, 15) is 9.59 Å². The molecule has 0 radical (unpaired) electrons. The topological polar surface area (TPSA) is 81.4 Å². The monoisotopic (exact) mass is 290 g/mol. The Morgan fingerprint density at radius 1 is 1.62 bits per heavy atom. The van der Waals surface area contributed by atoms with Crippen molar-refractivity contribution in [1.29, 1.82) is 0 Å². The van der Waals surface area contributed by atoms with Crippen molar-refractivity contribution in [2.75, 3.05) is 6.61 Å². The number of halogens is 1. The van der Waals surface area contributed by atoms with Gasteiger partial charge in [0.05, 0.1) is 0 Å². The SMILES string of the molecule is C=C(Br)C[C@H](NC(=O)[C@@H]1CCCO1)C(N)=O. The van der Waals surface area contributed by atoms with Crippen molar-refractivity contribution in [3.63, 3.8) is 0 Å². The van der Waals surface area contributed by atoms with Crippen molar-refractivity contribution < 1.29 is 14.3 Å². The van der Waals surface area contributed by atoms with E-state index in [2.05, 4.69) is 27.8 Å². The fourth-order valence-electron chi connectivity index (χ4n) is 1.49. The van der Waals surface area contributed by atoms with Gasteiger partial charge in [-0.3, -0.25) is 9.59 Å². The van der Waals surface area contributed by atoms with Gasteiger partial charge in [0.2, 0.25) is 11.8 Å². The average Bonchev–Trinajstić information content (AvgIpc) is 2.68. The summed E-state index contributed by atoms with van der Waals surface area (Å²) in [5, 5.41) is 2.56. The lowest BCUT2D eigenvalue weighted by molar-refractivity contribution is -0.133. The zero-order valence-electron chi connectivity index (χ0n) is 8.87. The summed E-state index contributed by atoms with van der Waals surface area (Å²) in [6.45, 7) is 4.20. The van der Waals surface area contributed by atoms with E-state index in [1.54, 1.807) is 0 Å². The summed E-state index contributed by atoms with van der Waals surface area (Å²) in [6, 6.07) is -0.733. The summed E-state index contributed by atoms with van der Waals surface area (Å²) in [4.78, 5) is 22.7. The fourth-order valence-corrected chi connectivity index (χ4v) is 1.82. The minimum absolute atomic E-state index is 0.282. The van der Waals surface area contributed by atoms with Crippen molar-refractivity contribution in [3.8, 4) is 0 Å². The summed E-state index contributed by atoms with van der Waals surface area (Å²) in [7, 11) is 0. The molecule has 6 heteroatoms. The van der Waals surface area contributed by atoms with Crippen LogP contribution in [0.5, 0.6) is 0 Å². The Labute approximate surface area is 103 Å². The van der Waals surface area contributed by atoms with Gasteiger partial charge in [-0.2, -0.15) is 0 Å². The van der Waals surface area contributed by atoms with Crippen molar-refractivity contribution in [3.05, 3.63) is 11.1 Å². The maximum Gasteiger partial charge on any atom is 0.249 e. The summed E-state index contributed by atoms with van der Waals surface area (Å²) < 4.78 is 5.82. The number of hydrogen-bond donors (Lipinski definition) is 2. The Morgan fingerprint density at radius 2 is 2.31 bits per heavy atom. The smallest absolute Gasteiger partial charge is 0.249 e. The summed E-state index contributed by atoms with van der Waals surface area (Å²) in [5.74, 6) is -0.859. The Balaban J connectivity index is 2.50. The average molecular weight is 291 g/mol. The second-order valence-electron chi connectivity index (χ2n) is 3.69. The van der Waals surface area contributed by atoms with E-state index in [4.69, 9.17) is 10.5 Å². The zero-order chi connectivity index (χ0) is 12.1. The van der Waals surface area contributed by atoms with Crippen LogP contribution in [0.3, 0.4) is 0 Å². The van der Waals surface area contributed by atoms with Crippen LogP contribution in [0.4, 0.5) is 0 Å². The summed E-state index contributed by atoms with van der Waals surface area (Å²) >= 11 is 3.13. The van der Waals surface area contributed by atoms with Gasteiger partial charge >= 0.3 is 0 Å². The third-order valence-corrected chi connectivity index (χ3v) is 2.63. The molecule has 1 saturated heterocycles. The molecule has 1 aliphatic rings. The van der Waals surface area contributed by atoms with E-state index in [-0.39, 0.29) is 12.3 Å². The first-order valence-corrected chi connectivity index (χ1v) is 5.84. The predicted octanol–water partition coefficient (Wildman–Crippen LogP) is 0.434. The van der Waals surface area contributed by atoms with Gasteiger partial charge < -0.3 is 15.8 Å². The van der Waals surface area contributed by atoms with E-state index in [1.165, 1.54) is 0 Å². The number of primary amides is 1. The van der Waals surface area contributed by atoms with Gasteiger partial charge in [-0.25, -0.2) is 0 Å². The number of carbonyl (C=O) groups excluding carboxylic acids is 2. The molecule has 5 nitrogen and oxygen atoms in total. The maximum absolute atomic E-state index is 11.7. The van der Waals surface area contributed by atoms with Crippen molar-refractivity contribution in [2.45, 2.75) is 31.4 Å². The lowest BCUT2D eigenvalue weighted by Gasteiger charge is -2.17. The molecular weight excluding hydrogens is 276 g/mol. The number of hydrogen-bond acceptors (Lipinski definition) is 3. The van der Waals surface area contributed by atoms with E-state index in [0.29, 0.717) is 17.5 Å². The van der Waals surface area contributed by atoms with Crippen molar-refractivity contribution in [1.82, 2.24) is 5.32 Å². The molecule has 1 heterocycles. The van der Waals surface area contributed by atoms with Gasteiger partial charge in [-0.05, 0) is 17.3 Å². The largest absolute Gasteiger partial charge is 0.368 e. The lowest BCUT2D eigenvalue weighted by Crippen LogP contribution is -2.47. The second-order valence-corrected chi connectivity index (χ2v) is 4.81. The molecule has 1 aliphatic heterocycles. The standard InChI is InChI=1S/C10H15BrN2O3/c1-6(11)5-7(9(12)14)13-10(15)8-3-2-4-16-8/h7-8H,1-5H2,(H2,12,14)(H,13,15)/t7-,8-/m0/s1. The van der Waals surface area contributed by atoms with E-state index in [0.717, 1.165) is 6.42 Å². The third kappa shape index (κ3) is 3.94. The molecule has 0 unspecified atom stereocenters. The molecule has 16 heavy (non-hydrogen) atoms. The first-order chi connectivity index (χ1) is 7.50. The Hall–Kier alpha value is -0.880. The Bertz CT molecular complexity index is 300. The molecule has 1 fully saturated rings. The molecule has 0 aromatic heterocycles. The van der Waals surface area contributed by atoms with E-state index < -0.39 is 18.1 Å². The number of rotatable bonds is 5. The minimum Gasteiger partial charge on any atom is -0.368 e. The Kier molecular flexibility index (Phi) is 4.95. The van der Waals surface area contributed by atoms with E-state index >= 15 is 0 Å². The molecule has 0 aliphatic carbocycles. The normalized spacial score (nSPS) is 21.4. The molecule has 2 atom stereocenters. The summed E-state index contributed by atoms with van der Waals surface area (Å²) in [5.41, 5.74) is 5.18. The minimum atomic E-state index is -0.733. The number of carbonyl (C=O) groups is 2. The molecular formula is C10H15BrN2O3. The molecule has 0 spiro atoms. The maximum atomic E-state index is 11.7. The van der Waals surface area contributed by atoms with Gasteiger partial charge in [0.25, 0.3) is 0 Å². The van der Waals surface area contributed by atoms with Crippen LogP contribution in [0.1, 0.15) is 19.3 Å². The highest BCUT2D eigenvalue weighted by Gasteiger charge is 2.27. The number of nitrogens with two attached hydrogens (primary N) is 1. The van der Waals surface area contributed by atoms with Crippen LogP contribution in [-0.4, -0.2) is 30.6 Å². The van der Waals surface area contributed by atoms with Gasteiger partial charge in [0.1, 0.15) is 12.1 Å². The van der Waals surface area contributed by atoms with Crippen LogP contribution in [0.25, 0.3) is 0 Å². The quantitative estimate of drug-likeness (QED) is 0.771. The molecule has 0 saturated carbocycles. The summed E-state index contributed by atoms with van der Waals surface area (Å²) in [6.07, 6.45) is 1.38. The fraction of sp³-hybridized carbons (Fsp3) is 0.600. The molecule has 0 aromatic rings. The highest BCUT2D eigenvalue weighted by Crippen LogP contribution is 2.14. The highest BCUT2D eigenvalue weighted by molar-refractivity contribution is 9.11. The van der Waals surface area contributed by atoms with Crippen LogP contribution in [-0.2, 0) is 14.3 Å². The van der Waals surface area contributed by atoms with E-state index in [1.807, 2.05) is 0 Å². The number of nitrogens with one attached hydrogen (secondary N) is 1. The number of amides is 2. The van der Waals surface area contributed by atoms with Gasteiger partial charge in [0.15, 0.2) is 0 Å². The van der Waals surface area contributed by atoms with Crippen LogP contribution in [0, 0.1) is 0 Å². The zero-order valence-corrected chi connectivity index (χ0v) is 10.5. The molecule has 90 valence electrons. The molecule has 1 rings (SSSR count). The van der Waals surface area contributed by atoms with Crippen LogP contribution in [0.2, 0.25) is 0 Å². The van der Waals surface area contributed by atoms with Crippen LogP contribution < -0.4 is 11.1 Å². The second kappa shape index (κ2) is 6.00. The highest BCUT2D eigenvalue weighted by atomic mass is 79.9. The third-order valence-electron chi connectivity index (χ3n) is 2.31. The van der Waals surface area contributed by atoms with Crippen LogP contribution in [0.15, 0.2) is 11.1 Å². The lowest BCUT2D eigenvalue weighted by atomic mass is 10.1. The predicted molar refractivity (Wildman–Crippen MR) is 62.8 cm³/mol. The van der Waals surface area contributed by atoms with Gasteiger partial charge in [0, 0.05) is 13.0 Å². The molecule has 2 amide bonds.